The maximum atomic E-state index is 13.1. The second kappa shape index (κ2) is 6.17. The van der Waals surface area contributed by atoms with E-state index in [-0.39, 0.29) is 17.2 Å². The van der Waals surface area contributed by atoms with E-state index in [1.165, 1.54) is 15.3 Å². The van der Waals surface area contributed by atoms with E-state index in [0.717, 1.165) is 5.56 Å². The van der Waals surface area contributed by atoms with Crippen LogP contribution in [0.2, 0.25) is 0 Å². The zero-order chi connectivity index (χ0) is 17.5. The van der Waals surface area contributed by atoms with Crippen LogP contribution in [0.25, 0.3) is 0 Å². The Morgan fingerprint density at radius 1 is 1.25 bits per heavy atom. The van der Waals surface area contributed by atoms with Crippen LogP contribution < -0.4 is 0 Å². The minimum atomic E-state index is -0.367. The van der Waals surface area contributed by atoms with Gasteiger partial charge in [0.05, 0.1) is 5.92 Å². The first-order chi connectivity index (χ1) is 11.3. The normalized spacial score (nSPS) is 24.7. The first-order valence-corrected chi connectivity index (χ1v) is 9.21. The van der Waals surface area contributed by atoms with Crippen molar-refractivity contribution in [3.8, 4) is 0 Å². The number of nitrogens with one attached hydrogen (secondary N) is 1. The van der Waals surface area contributed by atoms with Crippen molar-refractivity contribution in [2.75, 3.05) is 7.05 Å². The molecule has 0 spiro atoms. The fourth-order valence-electron chi connectivity index (χ4n) is 3.58. The van der Waals surface area contributed by atoms with E-state index in [1.54, 1.807) is 18.4 Å². The van der Waals surface area contributed by atoms with E-state index in [0.29, 0.717) is 18.2 Å². The van der Waals surface area contributed by atoms with E-state index in [9.17, 15) is 4.79 Å². The molecule has 1 aromatic heterocycles. The zero-order valence-corrected chi connectivity index (χ0v) is 15.5. The second-order valence-corrected chi connectivity index (χ2v) is 8.12. The largest absolute Gasteiger partial charge is 0.303 e. The average Bonchev–Trinajstić information content (AvgIpc) is 3.08. The lowest BCUT2D eigenvalue weighted by Gasteiger charge is -2.44. The van der Waals surface area contributed by atoms with Gasteiger partial charge in [-0.25, -0.2) is 0 Å². The quantitative estimate of drug-likeness (QED) is 0.861. The molecule has 3 rings (SSSR count). The van der Waals surface area contributed by atoms with Crippen LogP contribution in [0.4, 0.5) is 0 Å². The SMILES string of the molecule is CC(C)c1ccc([C@H]2C(=O)N(C)C(=N)C[C@]2(C)c2cccs2)cc1. The van der Waals surface area contributed by atoms with Gasteiger partial charge in [-0.3, -0.25) is 10.2 Å². The molecular weight excluding hydrogens is 316 g/mol. The molecule has 2 atom stereocenters. The van der Waals surface area contributed by atoms with Crippen molar-refractivity contribution in [2.45, 2.75) is 44.4 Å². The number of thiophene rings is 1. The Morgan fingerprint density at radius 3 is 2.46 bits per heavy atom. The van der Waals surface area contributed by atoms with Crippen molar-refractivity contribution in [1.82, 2.24) is 4.90 Å². The lowest BCUT2D eigenvalue weighted by molar-refractivity contribution is -0.131. The van der Waals surface area contributed by atoms with Crippen LogP contribution in [0, 0.1) is 5.41 Å². The maximum Gasteiger partial charge on any atom is 0.236 e. The molecule has 1 aliphatic heterocycles. The van der Waals surface area contributed by atoms with Gasteiger partial charge in [-0.05, 0) is 28.5 Å². The monoisotopic (exact) mass is 340 g/mol. The maximum absolute atomic E-state index is 13.1. The van der Waals surface area contributed by atoms with Crippen LogP contribution in [0.5, 0.6) is 0 Å². The highest BCUT2D eigenvalue weighted by molar-refractivity contribution is 7.10. The van der Waals surface area contributed by atoms with Crippen LogP contribution in [-0.2, 0) is 10.2 Å². The summed E-state index contributed by atoms with van der Waals surface area (Å²) in [5.41, 5.74) is 1.95. The topological polar surface area (TPSA) is 44.2 Å². The molecule has 2 heterocycles. The van der Waals surface area contributed by atoms with Crippen molar-refractivity contribution in [3.63, 3.8) is 0 Å². The van der Waals surface area contributed by atoms with Gasteiger partial charge in [0.15, 0.2) is 0 Å². The average molecular weight is 340 g/mol. The van der Waals surface area contributed by atoms with Gasteiger partial charge in [0.25, 0.3) is 0 Å². The number of amides is 1. The minimum Gasteiger partial charge on any atom is -0.303 e. The van der Waals surface area contributed by atoms with Gasteiger partial charge in [-0.1, -0.05) is 51.1 Å². The molecule has 1 amide bonds. The summed E-state index contributed by atoms with van der Waals surface area (Å²) in [5, 5.41) is 10.3. The molecule has 0 aliphatic carbocycles. The molecule has 4 heteroatoms. The molecule has 1 aliphatic rings. The van der Waals surface area contributed by atoms with Crippen LogP contribution in [0.3, 0.4) is 0 Å². The summed E-state index contributed by atoms with van der Waals surface area (Å²) < 4.78 is 0. The third-order valence-corrected chi connectivity index (χ3v) is 6.32. The number of hydrogen-bond acceptors (Lipinski definition) is 3. The molecule has 0 radical (unpaired) electrons. The Kier molecular flexibility index (Phi) is 4.35. The number of hydrogen-bond donors (Lipinski definition) is 1. The van der Waals surface area contributed by atoms with E-state index in [1.807, 2.05) is 11.4 Å². The summed E-state index contributed by atoms with van der Waals surface area (Å²) in [6, 6.07) is 12.5. The number of likely N-dealkylation sites (tertiary alicyclic amines) is 1. The molecule has 1 N–H and O–H groups in total. The third kappa shape index (κ3) is 2.69. The van der Waals surface area contributed by atoms with Crippen molar-refractivity contribution >= 4 is 23.1 Å². The van der Waals surface area contributed by atoms with Gasteiger partial charge < -0.3 is 4.90 Å². The number of piperidine rings is 1. The van der Waals surface area contributed by atoms with E-state index < -0.39 is 0 Å². The predicted molar refractivity (Wildman–Crippen MR) is 100 cm³/mol. The number of nitrogens with zero attached hydrogens (tertiary/aromatic N) is 1. The van der Waals surface area contributed by atoms with Crippen molar-refractivity contribution in [3.05, 3.63) is 57.8 Å². The molecule has 1 fully saturated rings. The molecule has 24 heavy (non-hydrogen) atoms. The fraction of sp³-hybridized carbons (Fsp3) is 0.400. The molecule has 3 nitrogen and oxygen atoms in total. The molecular formula is C20H24N2OS. The summed E-state index contributed by atoms with van der Waals surface area (Å²) in [6.45, 7) is 6.47. The van der Waals surface area contributed by atoms with E-state index in [2.05, 4.69) is 51.1 Å². The Morgan fingerprint density at radius 2 is 1.92 bits per heavy atom. The first-order valence-electron chi connectivity index (χ1n) is 8.33. The molecule has 2 aromatic rings. The lowest BCUT2D eigenvalue weighted by Crippen LogP contribution is -2.51. The van der Waals surface area contributed by atoms with E-state index in [4.69, 9.17) is 5.41 Å². The highest BCUT2D eigenvalue weighted by Crippen LogP contribution is 2.47. The Hall–Kier alpha value is -1.94. The van der Waals surface area contributed by atoms with Gasteiger partial charge in [-0.15, -0.1) is 11.3 Å². The fourth-order valence-corrected chi connectivity index (χ4v) is 4.50. The first kappa shape index (κ1) is 16.9. The van der Waals surface area contributed by atoms with Gasteiger partial charge in [0.2, 0.25) is 5.91 Å². The summed E-state index contributed by atoms with van der Waals surface area (Å²) in [4.78, 5) is 15.7. The number of carbonyl (C=O) groups excluding carboxylic acids is 1. The van der Waals surface area contributed by atoms with Crippen molar-refractivity contribution in [2.24, 2.45) is 0 Å². The number of benzene rings is 1. The number of likely N-dealkylation sites (N-methyl/N-ethyl adjacent to an activating group) is 1. The molecule has 126 valence electrons. The minimum absolute atomic E-state index is 0.0134. The van der Waals surface area contributed by atoms with Gasteiger partial charge in [0.1, 0.15) is 5.84 Å². The molecule has 0 unspecified atom stereocenters. The summed E-state index contributed by atoms with van der Waals surface area (Å²) in [7, 11) is 1.72. The summed E-state index contributed by atoms with van der Waals surface area (Å²) in [5.74, 6) is 0.627. The standard InChI is InChI=1S/C20H24N2OS/c1-13(2)14-7-9-15(10-8-14)18-19(23)22(4)17(21)12-20(18,3)16-6-5-11-24-16/h5-11,13,18,21H,12H2,1-4H3/t18-,20+/m0/s1. The smallest absolute Gasteiger partial charge is 0.236 e. The predicted octanol–water partition coefficient (Wildman–Crippen LogP) is 4.75. The van der Waals surface area contributed by atoms with Crippen LogP contribution in [-0.4, -0.2) is 23.7 Å². The van der Waals surface area contributed by atoms with Gasteiger partial charge in [-0.2, -0.15) is 0 Å². The highest BCUT2D eigenvalue weighted by Gasteiger charge is 2.48. The van der Waals surface area contributed by atoms with Crippen molar-refractivity contribution < 1.29 is 4.79 Å². The van der Waals surface area contributed by atoms with E-state index >= 15 is 0 Å². The molecule has 1 aromatic carbocycles. The lowest BCUT2D eigenvalue weighted by atomic mass is 9.67. The molecule has 1 saturated heterocycles. The zero-order valence-electron chi connectivity index (χ0n) is 14.7. The molecule has 0 saturated carbocycles. The number of rotatable bonds is 3. The Balaban J connectivity index is 2.09. The summed E-state index contributed by atoms with van der Waals surface area (Å²) in [6.07, 6.45) is 0.576. The van der Waals surface area contributed by atoms with Crippen LogP contribution in [0.15, 0.2) is 41.8 Å². The summed E-state index contributed by atoms with van der Waals surface area (Å²) >= 11 is 1.67. The van der Waals surface area contributed by atoms with Crippen LogP contribution in [0.1, 0.15) is 55.0 Å². The highest BCUT2D eigenvalue weighted by atomic mass is 32.1. The Labute approximate surface area is 147 Å². The number of carbonyl (C=O) groups is 1. The van der Waals surface area contributed by atoms with Crippen molar-refractivity contribution in [1.29, 1.82) is 5.41 Å². The third-order valence-electron chi connectivity index (χ3n) is 5.17. The van der Waals surface area contributed by atoms with Gasteiger partial charge in [0, 0.05) is 23.8 Å². The Bertz CT molecular complexity index is 748. The van der Waals surface area contributed by atoms with Crippen LogP contribution >= 0.6 is 11.3 Å². The second-order valence-electron chi connectivity index (χ2n) is 7.17. The number of amidine groups is 1. The van der Waals surface area contributed by atoms with Gasteiger partial charge >= 0.3 is 0 Å². The molecule has 0 bridgehead atoms.